The van der Waals surface area contributed by atoms with Gasteiger partial charge in [0.2, 0.25) is 0 Å². The Morgan fingerprint density at radius 2 is 1.66 bits per heavy atom. The van der Waals surface area contributed by atoms with Crippen molar-refractivity contribution in [2.75, 3.05) is 10.6 Å². The van der Waals surface area contributed by atoms with Crippen molar-refractivity contribution in [3.63, 3.8) is 0 Å². The van der Waals surface area contributed by atoms with Crippen LogP contribution in [0.25, 0.3) is 0 Å². The maximum Gasteiger partial charge on any atom is 0.319 e. The van der Waals surface area contributed by atoms with Crippen molar-refractivity contribution in [1.82, 2.24) is 10.3 Å². The average molecular weight is 561 g/mol. The van der Waals surface area contributed by atoms with Crippen LogP contribution in [0.15, 0.2) is 59.8 Å². The van der Waals surface area contributed by atoms with E-state index in [4.69, 9.17) is 11.6 Å². The van der Waals surface area contributed by atoms with E-state index in [-0.39, 0.29) is 28.6 Å². The number of thioether (sulfide) groups is 1. The van der Waals surface area contributed by atoms with Gasteiger partial charge in [0.25, 0.3) is 5.91 Å². The van der Waals surface area contributed by atoms with E-state index in [1.54, 1.807) is 48.4 Å². The van der Waals surface area contributed by atoms with E-state index in [9.17, 15) is 22.8 Å². The van der Waals surface area contributed by atoms with Crippen LogP contribution in [0.3, 0.4) is 0 Å². The molecule has 6 nitrogen and oxygen atoms in total. The van der Waals surface area contributed by atoms with E-state index in [1.165, 1.54) is 6.07 Å². The SMILES string of the molecule is O=C(Nc1cccnc1)NC1C2CC[C@H]1C[C@H](Sc1cc(C(=O)Nc3cc(F)c(F)c(F)c3)ccc1Cl)C2. The summed E-state index contributed by atoms with van der Waals surface area (Å²) in [6.07, 6.45) is 7.07. The van der Waals surface area contributed by atoms with E-state index in [2.05, 4.69) is 20.9 Å². The van der Waals surface area contributed by atoms with Gasteiger partial charge in [-0.1, -0.05) is 11.6 Å². The summed E-state index contributed by atoms with van der Waals surface area (Å²) >= 11 is 8.03. The maximum absolute atomic E-state index is 13.5. The lowest BCUT2D eigenvalue weighted by Crippen LogP contribution is -2.47. The Balaban J connectivity index is 1.21. The van der Waals surface area contributed by atoms with Crippen molar-refractivity contribution >= 4 is 46.7 Å². The number of urea groups is 1. The summed E-state index contributed by atoms with van der Waals surface area (Å²) < 4.78 is 40.3. The third-order valence-electron chi connectivity index (χ3n) is 7.00. The highest BCUT2D eigenvalue weighted by Crippen LogP contribution is 2.48. The van der Waals surface area contributed by atoms with E-state index >= 15 is 0 Å². The number of rotatable bonds is 6. The second-order valence-corrected chi connectivity index (χ2v) is 11.3. The molecule has 0 spiro atoms. The molecule has 1 heterocycles. The summed E-state index contributed by atoms with van der Waals surface area (Å²) in [6, 6.07) is 9.60. The van der Waals surface area contributed by atoms with Crippen molar-refractivity contribution in [3.05, 3.63) is 82.9 Å². The Morgan fingerprint density at radius 3 is 2.32 bits per heavy atom. The number of hydrogen-bond donors (Lipinski definition) is 3. The topological polar surface area (TPSA) is 83.1 Å². The van der Waals surface area contributed by atoms with Gasteiger partial charge in [-0.2, -0.15) is 0 Å². The van der Waals surface area contributed by atoms with Gasteiger partial charge in [-0.3, -0.25) is 9.78 Å². The normalized spacial score (nSPS) is 22.1. The third kappa shape index (κ3) is 5.91. The fourth-order valence-corrected chi connectivity index (χ4v) is 6.98. The average Bonchev–Trinajstić information content (AvgIpc) is 3.11. The van der Waals surface area contributed by atoms with Crippen molar-refractivity contribution in [2.45, 2.75) is 41.9 Å². The first kappa shape index (κ1) is 26.4. The number of amides is 3. The third-order valence-corrected chi connectivity index (χ3v) is 8.75. The first-order chi connectivity index (χ1) is 18.3. The molecule has 2 aliphatic carbocycles. The van der Waals surface area contributed by atoms with E-state index in [0.717, 1.165) is 42.7 Å². The maximum atomic E-state index is 13.5. The standard InChI is InChI=1S/C27H24ClF3N4O2S/c28-20-6-5-16(26(36)33-18-11-21(29)24(31)22(30)12-18)10-23(20)38-19-8-14-3-4-15(9-19)25(14)35-27(37)34-17-2-1-7-32-13-17/h1-2,5-7,10-15,19,25H,3-4,8-9H2,(H,33,36)(H2,34,35,37)/t14-,15?,19-,25?/m0/s1. The van der Waals surface area contributed by atoms with Crippen LogP contribution in [0, 0.1) is 29.3 Å². The molecule has 0 radical (unpaired) electrons. The highest BCUT2D eigenvalue weighted by molar-refractivity contribution is 8.00. The summed E-state index contributed by atoms with van der Waals surface area (Å²) in [7, 11) is 0. The zero-order valence-electron chi connectivity index (χ0n) is 20.0. The van der Waals surface area contributed by atoms with Gasteiger partial charge in [-0.15, -0.1) is 11.8 Å². The van der Waals surface area contributed by atoms with Gasteiger partial charge in [0.15, 0.2) is 17.5 Å². The molecule has 1 aromatic heterocycles. The second kappa shape index (κ2) is 11.2. The molecule has 3 amide bonds. The monoisotopic (exact) mass is 560 g/mol. The molecule has 198 valence electrons. The molecule has 3 aromatic rings. The molecule has 5 rings (SSSR count). The number of halogens is 4. The first-order valence-corrected chi connectivity index (χ1v) is 13.4. The van der Waals surface area contributed by atoms with Gasteiger partial charge >= 0.3 is 6.03 Å². The van der Waals surface area contributed by atoms with Crippen LogP contribution >= 0.6 is 23.4 Å². The number of carbonyl (C=O) groups excluding carboxylic acids is 2. The van der Waals surface area contributed by atoms with Crippen LogP contribution in [0.2, 0.25) is 5.02 Å². The second-order valence-electron chi connectivity index (χ2n) is 9.53. The van der Waals surface area contributed by atoms with Gasteiger partial charge in [0, 0.05) is 45.8 Å². The molecule has 2 aromatic carbocycles. The predicted molar refractivity (Wildman–Crippen MR) is 141 cm³/mol. The number of fused-ring (bicyclic) bond motifs is 2. The highest BCUT2D eigenvalue weighted by atomic mass is 35.5. The zero-order chi connectivity index (χ0) is 26.8. The summed E-state index contributed by atoms with van der Waals surface area (Å²) in [5.74, 6) is -4.30. The lowest BCUT2D eigenvalue weighted by molar-refractivity contribution is 0.102. The van der Waals surface area contributed by atoms with Crippen molar-refractivity contribution in [3.8, 4) is 0 Å². The van der Waals surface area contributed by atoms with Gasteiger partial charge in [0.05, 0.1) is 16.9 Å². The number of aromatic nitrogens is 1. The minimum atomic E-state index is -1.60. The fourth-order valence-electron chi connectivity index (χ4n) is 5.31. The van der Waals surface area contributed by atoms with Crippen molar-refractivity contribution in [1.29, 1.82) is 0 Å². The summed E-state index contributed by atoms with van der Waals surface area (Å²) in [5, 5.41) is 9.11. The predicted octanol–water partition coefficient (Wildman–Crippen LogP) is 6.88. The molecule has 4 atom stereocenters. The molecule has 2 fully saturated rings. The summed E-state index contributed by atoms with van der Waals surface area (Å²) in [6.45, 7) is 0. The quantitative estimate of drug-likeness (QED) is 0.287. The Bertz CT molecular complexity index is 1330. The van der Waals surface area contributed by atoms with Crippen LogP contribution in [0.5, 0.6) is 0 Å². The smallest absolute Gasteiger partial charge is 0.319 e. The first-order valence-electron chi connectivity index (χ1n) is 12.2. The number of hydrogen-bond acceptors (Lipinski definition) is 4. The lowest BCUT2D eigenvalue weighted by Gasteiger charge is -2.35. The Hall–Kier alpha value is -3.24. The van der Waals surface area contributed by atoms with Crippen LogP contribution in [0.4, 0.5) is 29.3 Å². The van der Waals surface area contributed by atoms with Crippen LogP contribution in [-0.2, 0) is 0 Å². The Kier molecular flexibility index (Phi) is 7.80. The minimum Gasteiger partial charge on any atom is -0.335 e. The Labute approximate surface area is 226 Å². The summed E-state index contributed by atoms with van der Waals surface area (Å²) in [5.41, 5.74) is 0.702. The van der Waals surface area contributed by atoms with E-state index in [1.807, 2.05) is 0 Å². The molecule has 38 heavy (non-hydrogen) atoms. The summed E-state index contributed by atoms with van der Waals surface area (Å²) in [4.78, 5) is 30.0. The van der Waals surface area contributed by atoms with Crippen molar-refractivity contribution < 1.29 is 22.8 Å². The van der Waals surface area contributed by atoms with Crippen molar-refractivity contribution in [2.24, 2.45) is 11.8 Å². The van der Waals surface area contributed by atoms with Gasteiger partial charge in [-0.25, -0.2) is 18.0 Å². The van der Waals surface area contributed by atoms with Gasteiger partial charge in [-0.05, 0) is 67.9 Å². The molecule has 2 saturated carbocycles. The van der Waals surface area contributed by atoms with Crippen LogP contribution in [-0.4, -0.2) is 28.2 Å². The molecule has 2 bridgehead atoms. The van der Waals surface area contributed by atoms with Crippen LogP contribution < -0.4 is 16.0 Å². The number of pyridine rings is 1. The number of carbonyl (C=O) groups is 2. The molecule has 3 N–H and O–H groups in total. The number of nitrogens with one attached hydrogen (secondary N) is 3. The molecule has 0 saturated heterocycles. The molecule has 11 heteroatoms. The Morgan fingerprint density at radius 1 is 0.947 bits per heavy atom. The number of anilines is 2. The van der Waals surface area contributed by atoms with E-state index in [0.29, 0.717) is 22.5 Å². The molecule has 2 unspecified atom stereocenters. The van der Waals surface area contributed by atoms with Gasteiger partial charge in [0.1, 0.15) is 0 Å². The minimum absolute atomic E-state index is 0.0904. The fraction of sp³-hybridized carbons (Fsp3) is 0.296. The van der Waals surface area contributed by atoms with Crippen LogP contribution in [0.1, 0.15) is 36.0 Å². The largest absolute Gasteiger partial charge is 0.335 e. The zero-order valence-corrected chi connectivity index (χ0v) is 21.6. The highest BCUT2D eigenvalue weighted by Gasteiger charge is 2.43. The number of nitrogens with zero attached hydrogens (tertiary/aromatic N) is 1. The van der Waals surface area contributed by atoms with E-state index < -0.39 is 23.4 Å². The number of benzene rings is 2. The lowest BCUT2D eigenvalue weighted by atomic mass is 9.84. The van der Waals surface area contributed by atoms with Gasteiger partial charge < -0.3 is 16.0 Å². The molecule has 0 aliphatic heterocycles. The molecular weight excluding hydrogens is 537 g/mol. The molecule has 2 aliphatic rings. The molecular formula is C27H24ClF3N4O2S.